The lowest BCUT2D eigenvalue weighted by Crippen LogP contribution is -2.43. The van der Waals surface area contributed by atoms with Crippen LogP contribution in [0.5, 0.6) is 0 Å². The molecule has 2 aromatic carbocycles. The molecule has 2 N–H and O–H groups in total. The Balaban J connectivity index is 1.62. The lowest BCUT2D eigenvalue weighted by molar-refractivity contribution is -0.141. The Bertz CT molecular complexity index is 965. The number of carbonyl (C=O) groups is 2. The summed E-state index contributed by atoms with van der Waals surface area (Å²) in [7, 11) is 0. The smallest absolute Gasteiger partial charge is 0.326 e. The lowest BCUT2D eigenvalue weighted by Gasteiger charge is -2.14. The van der Waals surface area contributed by atoms with Crippen LogP contribution in [-0.4, -0.2) is 28.0 Å². The Morgan fingerprint density at radius 2 is 1.76 bits per heavy atom. The van der Waals surface area contributed by atoms with Crippen molar-refractivity contribution in [3.05, 3.63) is 76.8 Å². The number of aliphatic carboxylic acids is 1. The summed E-state index contributed by atoms with van der Waals surface area (Å²) in [6, 6.07) is 16.6. The Morgan fingerprint density at radius 1 is 1.07 bits per heavy atom. The minimum atomic E-state index is -1.05. The van der Waals surface area contributed by atoms with Crippen LogP contribution in [0.15, 0.2) is 60.0 Å². The molecule has 0 spiro atoms. The number of amides is 1. The molecule has 5 nitrogen and oxygen atoms in total. The highest BCUT2D eigenvalue weighted by Gasteiger charge is 2.21. The summed E-state index contributed by atoms with van der Waals surface area (Å²) in [5, 5.41) is 14.7. The quantitative estimate of drug-likeness (QED) is 0.583. The van der Waals surface area contributed by atoms with E-state index in [1.165, 1.54) is 16.9 Å². The monoisotopic (exact) mass is 408 g/mol. The van der Waals surface area contributed by atoms with Gasteiger partial charge in [-0.1, -0.05) is 68.4 Å². The zero-order valence-corrected chi connectivity index (χ0v) is 17.3. The molecule has 1 aromatic heterocycles. The van der Waals surface area contributed by atoms with Gasteiger partial charge in [0.1, 0.15) is 11.0 Å². The average molecular weight is 409 g/mol. The van der Waals surface area contributed by atoms with Gasteiger partial charge in [0.15, 0.2) is 0 Å². The number of hydrogen-bond donors (Lipinski definition) is 2. The molecule has 1 unspecified atom stereocenters. The summed E-state index contributed by atoms with van der Waals surface area (Å²) in [6.07, 6.45) is 0.297. The molecule has 0 saturated carbocycles. The molecule has 3 rings (SSSR count). The molecule has 0 aliphatic heterocycles. The first-order valence-electron chi connectivity index (χ1n) is 9.53. The van der Waals surface area contributed by atoms with Crippen LogP contribution in [0.25, 0.3) is 10.6 Å². The molecular formula is C23H24N2O3S. The third-order valence-corrected chi connectivity index (χ3v) is 5.57. The maximum Gasteiger partial charge on any atom is 0.326 e. The fraction of sp³-hybridized carbons (Fsp3) is 0.261. The van der Waals surface area contributed by atoms with Gasteiger partial charge in [-0.15, -0.1) is 11.3 Å². The van der Waals surface area contributed by atoms with E-state index in [2.05, 4.69) is 36.3 Å². The van der Waals surface area contributed by atoms with E-state index >= 15 is 0 Å². The third-order valence-electron chi connectivity index (χ3n) is 4.63. The molecule has 0 aliphatic rings. The highest BCUT2D eigenvalue weighted by atomic mass is 32.1. The second kappa shape index (κ2) is 9.47. The number of nitrogens with one attached hydrogen (secondary N) is 1. The van der Waals surface area contributed by atoms with Crippen LogP contribution in [0.2, 0.25) is 0 Å². The molecule has 29 heavy (non-hydrogen) atoms. The van der Waals surface area contributed by atoms with Gasteiger partial charge in [0.2, 0.25) is 5.91 Å². The van der Waals surface area contributed by atoms with Crippen molar-refractivity contribution in [3.8, 4) is 10.6 Å². The topological polar surface area (TPSA) is 79.3 Å². The minimum absolute atomic E-state index is 0.0547. The third kappa shape index (κ3) is 5.74. The van der Waals surface area contributed by atoms with Gasteiger partial charge in [-0.05, 0) is 17.0 Å². The molecule has 1 atom stereocenters. The Morgan fingerprint density at radius 3 is 2.38 bits per heavy atom. The van der Waals surface area contributed by atoms with Crippen molar-refractivity contribution in [2.45, 2.75) is 38.6 Å². The Labute approximate surface area is 174 Å². The van der Waals surface area contributed by atoms with Crippen LogP contribution in [0.3, 0.4) is 0 Å². The normalized spacial score (nSPS) is 12.0. The maximum absolute atomic E-state index is 12.4. The van der Waals surface area contributed by atoms with Crippen molar-refractivity contribution in [2.24, 2.45) is 0 Å². The Kier molecular flexibility index (Phi) is 6.77. The molecule has 1 heterocycles. The van der Waals surface area contributed by atoms with Crippen molar-refractivity contribution >= 4 is 23.2 Å². The SMILES string of the molecule is CC(C)c1ccc(-c2nc(CC(=O)NC(Cc3ccccc3)C(=O)O)cs2)cc1. The first-order valence-corrected chi connectivity index (χ1v) is 10.4. The van der Waals surface area contributed by atoms with Gasteiger partial charge in [0.25, 0.3) is 0 Å². The van der Waals surface area contributed by atoms with E-state index in [1.54, 1.807) is 0 Å². The molecule has 0 saturated heterocycles. The van der Waals surface area contributed by atoms with Gasteiger partial charge in [0, 0.05) is 17.4 Å². The van der Waals surface area contributed by atoms with Gasteiger partial charge in [-0.2, -0.15) is 0 Å². The first kappa shape index (κ1) is 20.7. The number of thiazole rings is 1. The number of carbonyl (C=O) groups excluding carboxylic acids is 1. The van der Waals surface area contributed by atoms with E-state index < -0.39 is 12.0 Å². The van der Waals surface area contributed by atoms with E-state index in [4.69, 9.17) is 0 Å². The number of carboxylic acid groups (broad SMARTS) is 1. The fourth-order valence-corrected chi connectivity index (χ4v) is 3.82. The van der Waals surface area contributed by atoms with Crippen molar-refractivity contribution in [3.63, 3.8) is 0 Å². The predicted octanol–water partition coefficient (Wildman–Crippen LogP) is 4.29. The summed E-state index contributed by atoms with van der Waals surface area (Å²) in [6.45, 7) is 4.30. The average Bonchev–Trinajstić information content (AvgIpc) is 3.16. The molecular weight excluding hydrogens is 384 g/mol. The number of hydrogen-bond acceptors (Lipinski definition) is 4. The van der Waals surface area contributed by atoms with Crippen LogP contribution in [0.1, 0.15) is 36.6 Å². The largest absolute Gasteiger partial charge is 0.480 e. The summed E-state index contributed by atoms with van der Waals surface area (Å²) in [4.78, 5) is 28.4. The van der Waals surface area contributed by atoms with E-state index in [-0.39, 0.29) is 18.7 Å². The number of benzene rings is 2. The number of rotatable bonds is 8. The molecule has 150 valence electrons. The lowest BCUT2D eigenvalue weighted by atomic mass is 10.0. The maximum atomic E-state index is 12.4. The van der Waals surface area contributed by atoms with Crippen molar-refractivity contribution in [1.82, 2.24) is 10.3 Å². The highest BCUT2D eigenvalue weighted by molar-refractivity contribution is 7.13. The van der Waals surface area contributed by atoms with Gasteiger partial charge in [-0.3, -0.25) is 4.79 Å². The van der Waals surface area contributed by atoms with E-state index in [9.17, 15) is 14.7 Å². The molecule has 3 aromatic rings. The molecule has 1 amide bonds. The van der Waals surface area contributed by atoms with E-state index in [0.29, 0.717) is 11.6 Å². The predicted molar refractivity (Wildman–Crippen MR) is 115 cm³/mol. The Hall–Kier alpha value is -2.99. The molecule has 0 fully saturated rings. The van der Waals surface area contributed by atoms with Gasteiger partial charge in [0.05, 0.1) is 12.1 Å². The summed E-state index contributed by atoms with van der Waals surface area (Å²) >= 11 is 1.48. The number of aromatic nitrogens is 1. The first-order chi connectivity index (χ1) is 13.9. The summed E-state index contributed by atoms with van der Waals surface area (Å²) in [5.41, 5.74) is 3.78. The van der Waals surface area contributed by atoms with Gasteiger partial charge >= 0.3 is 5.97 Å². The molecule has 0 aliphatic carbocycles. The molecule has 6 heteroatoms. The zero-order valence-electron chi connectivity index (χ0n) is 16.5. The van der Waals surface area contributed by atoms with Gasteiger partial charge in [-0.25, -0.2) is 9.78 Å². The van der Waals surface area contributed by atoms with Crippen molar-refractivity contribution < 1.29 is 14.7 Å². The molecule has 0 bridgehead atoms. The number of nitrogens with zero attached hydrogens (tertiary/aromatic N) is 1. The van der Waals surface area contributed by atoms with Crippen molar-refractivity contribution in [2.75, 3.05) is 0 Å². The highest BCUT2D eigenvalue weighted by Crippen LogP contribution is 2.26. The summed E-state index contributed by atoms with van der Waals surface area (Å²) < 4.78 is 0. The van der Waals surface area contributed by atoms with E-state index in [0.717, 1.165) is 16.1 Å². The van der Waals surface area contributed by atoms with Crippen LogP contribution in [0, 0.1) is 0 Å². The second-order valence-electron chi connectivity index (χ2n) is 7.25. The van der Waals surface area contributed by atoms with Crippen LogP contribution in [0.4, 0.5) is 0 Å². The summed E-state index contributed by atoms with van der Waals surface area (Å²) in [5.74, 6) is -0.926. The zero-order chi connectivity index (χ0) is 20.8. The van der Waals surface area contributed by atoms with Crippen molar-refractivity contribution in [1.29, 1.82) is 0 Å². The second-order valence-corrected chi connectivity index (χ2v) is 8.10. The van der Waals surface area contributed by atoms with E-state index in [1.807, 2.05) is 47.8 Å². The van der Waals surface area contributed by atoms with Crippen LogP contribution >= 0.6 is 11.3 Å². The minimum Gasteiger partial charge on any atom is -0.480 e. The van der Waals surface area contributed by atoms with Gasteiger partial charge < -0.3 is 10.4 Å². The number of carboxylic acids is 1. The van der Waals surface area contributed by atoms with Crippen LogP contribution in [-0.2, 0) is 22.4 Å². The molecule has 0 radical (unpaired) electrons. The standard InChI is InChI=1S/C23H24N2O3S/c1-15(2)17-8-10-18(11-9-17)22-24-19(14-29-22)13-21(26)25-20(23(27)28)12-16-6-4-3-5-7-16/h3-11,14-15,20H,12-13H2,1-2H3,(H,25,26)(H,27,28). The fourth-order valence-electron chi connectivity index (χ4n) is 2.99. The van der Waals surface area contributed by atoms with Crippen LogP contribution < -0.4 is 5.32 Å².